The van der Waals surface area contributed by atoms with Gasteiger partial charge >= 0.3 is 0 Å². The van der Waals surface area contributed by atoms with Gasteiger partial charge in [-0.1, -0.05) is 176 Å². The van der Waals surface area contributed by atoms with Crippen molar-refractivity contribution in [3.8, 4) is 67.5 Å². The third-order valence-electron chi connectivity index (χ3n) is 12.6. The average molecular weight is 806 g/mol. The van der Waals surface area contributed by atoms with Crippen molar-refractivity contribution < 1.29 is 8.83 Å². The van der Waals surface area contributed by atoms with Gasteiger partial charge in [-0.05, 0) is 74.8 Å². The minimum absolute atomic E-state index is 0.156. The molecular formula is C58H35N3O2. The second kappa shape index (κ2) is 14.1. The van der Waals surface area contributed by atoms with E-state index in [1.165, 1.54) is 27.8 Å². The van der Waals surface area contributed by atoms with E-state index in [4.69, 9.17) is 23.8 Å². The van der Waals surface area contributed by atoms with Gasteiger partial charge < -0.3 is 8.83 Å². The fourth-order valence-electron chi connectivity index (χ4n) is 9.80. The lowest BCUT2D eigenvalue weighted by Gasteiger charge is -2.14. The predicted octanol–water partition coefficient (Wildman–Crippen LogP) is 15.2. The van der Waals surface area contributed by atoms with Crippen LogP contribution in [0.4, 0.5) is 0 Å². The number of hydrogen-bond acceptors (Lipinski definition) is 5. The maximum atomic E-state index is 6.64. The summed E-state index contributed by atoms with van der Waals surface area (Å²) in [6.45, 7) is 0. The van der Waals surface area contributed by atoms with Crippen LogP contribution in [-0.4, -0.2) is 15.0 Å². The van der Waals surface area contributed by atoms with E-state index in [9.17, 15) is 0 Å². The number of hydrogen-bond donors (Lipinski definition) is 0. The number of benzene rings is 9. The molecule has 3 aromatic heterocycles. The van der Waals surface area contributed by atoms with Gasteiger partial charge in [-0.15, -0.1) is 0 Å². The monoisotopic (exact) mass is 805 g/mol. The first-order valence-electron chi connectivity index (χ1n) is 21.3. The van der Waals surface area contributed by atoms with E-state index in [1.54, 1.807) is 0 Å². The molecule has 63 heavy (non-hydrogen) atoms. The van der Waals surface area contributed by atoms with Crippen molar-refractivity contribution in [2.75, 3.05) is 0 Å². The lowest BCUT2D eigenvalue weighted by Crippen LogP contribution is -2.01. The summed E-state index contributed by atoms with van der Waals surface area (Å²) in [6.07, 6.45) is 0. The van der Waals surface area contributed by atoms with Gasteiger partial charge in [-0.3, -0.25) is 0 Å². The summed E-state index contributed by atoms with van der Waals surface area (Å²) in [5.74, 6) is 1.96. The van der Waals surface area contributed by atoms with Crippen LogP contribution < -0.4 is 0 Å². The summed E-state index contributed by atoms with van der Waals surface area (Å²) >= 11 is 0. The van der Waals surface area contributed by atoms with Crippen molar-refractivity contribution in [1.29, 1.82) is 0 Å². The number of furan rings is 2. The van der Waals surface area contributed by atoms with Crippen LogP contribution in [0.5, 0.6) is 0 Å². The molecule has 1 aliphatic carbocycles. The van der Waals surface area contributed by atoms with E-state index >= 15 is 0 Å². The first kappa shape index (κ1) is 35.4. The van der Waals surface area contributed by atoms with Gasteiger partial charge in [-0.25, -0.2) is 15.0 Å². The zero-order valence-electron chi connectivity index (χ0n) is 33.9. The molecule has 0 radical (unpaired) electrons. The largest absolute Gasteiger partial charge is 0.456 e. The van der Waals surface area contributed by atoms with Crippen LogP contribution in [-0.2, 0) is 0 Å². The summed E-state index contributed by atoms with van der Waals surface area (Å²) in [7, 11) is 0. The summed E-state index contributed by atoms with van der Waals surface area (Å²) in [6, 6.07) is 72.1. The Labute approximate surface area is 362 Å². The van der Waals surface area contributed by atoms with Gasteiger partial charge in [0.1, 0.15) is 22.3 Å². The maximum Gasteiger partial charge on any atom is 0.164 e. The van der Waals surface area contributed by atoms with Crippen molar-refractivity contribution >= 4 is 43.9 Å². The molecule has 5 nitrogen and oxygen atoms in total. The highest BCUT2D eigenvalue weighted by molar-refractivity contribution is 6.17. The molecule has 13 rings (SSSR count). The van der Waals surface area contributed by atoms with E-state index < -0.39 is 0 Å². The molecule has 0 N–H and O–H groups in total. The first-order valence-corrected chi connectivity index (χ1v) is 21.3. The summed E-state index contributed by atoms with van der Waals surface area (Å²) in [5.41, 5.74) is 16.7. The lowest BCUT2D eigenvalue weighted by molar-refractivity contribution is 0.669. The minimum atomic E-state index is 0.156. The van der Waals surface area contributed by atoms with Crippen molar-refractivity contribution in [3.63, 3.8) is 0 Å². The van der Waals surface area contributed by atoms with Crippen LogP contribution in [0.3, 0.4) is 0 Å². The smallest absolute Gasteiger partial charge is 0.164 e. The molecule has 0 aliphatic heterocycles. The number of nitrogens with zero attached hydrogens (tertiary/aromatic N) is 3. The lowest BCUT2D eigenvalue weighted by atomic mass is 9.89. The molecule has 1 atom stereocenters. The molecule has 12 aromatic rings. The minimum Gasteiger partial charge on any atom is -0.456 e. The van der Waals surface area contributed by atoms with Crippen LogP contribution in [0.1, 0.15) is 22.6 Å². The molecule has 0 amide bonds. The molecule has 3 heterocycles. The van der Waals surface area contributed by atoms with E-state index in [1.807, 2.05) is 36.4 Å². The number of rotatable bonds is 6. The van der Waals surface area contributed by atoms with Gasteiger partial charge in [0.05, 0.1) is 0 Å². The first-order chi connectivity index (χ1) is 31.2. The topological polar surface area (TPSA) is 65.0 Å². The zero-order valence-corrected chi connectivity index (χ0v) is 33.9. The van der Waals surface area contributed by atoms with Crippen molar-refractivity contribution in [1.82, 2.24) is 15.0 Å². The summed E-state index contributed by atoms with van der Waals surface area (Å²) < 4.78 is 13.2. The quantitative estimate of drug-likeness (QED) is 0.167. The van der Waals surface area contributed by atoms with Gasteiger partial charge in [0.15, 0.2) is 17.5 Å². The fraction of sp³-hybridized carbons (Fsp3) is 0.0172. The Morgan fingerprint density at radius 2 is 0.905 bits per heavy atom. The highest BCUT2D eigenvalue weighted by Crippen LogP contribution is 2.49. The molecule has 0 fully saturated rings. The van der Waals surface area contributed by atoms with Crippen molar-refractivity contribution in [2.24, 2.45) is 0 Å². The summed E-state index contributed by atoms with van der Waals surface area (Å²) in [4.78, 5) is 15.7. The molecular weight excluding hydrogens is 771 g/mol. The van der Waals surface area contributed by atoms with Crippen LogP contribution >= 0.6 is 0 Å². The van der Waals surface area contributed by atoms with Gasteiger partial charge in [0.25, 0.3) is 0 Å². The van der Waals surface area contributed by atoms with Crippen LogP contribution in [0.15, 0.2) is 215 Å². The Morgan fingerprint density at radius 3 is 1.71 bits per heavy atom. The van der Waals surface area contributed by atoms with Crippen molar-refractivity contribution in [2.45, 2.75) is 5.92 Å². The number of aromatic nitrogens is 3. The van der Waals surface area contributed by atoms with E-state index in [0.29, 0.717) is 17.5 Å². The molecule has 9 aromatic carbocycles. The average Bonchev–Trinajstić information content (AvgIpc) is 4.04. The molecule has 294 valence electrons. The highest BCUT2D eigenvalue weighted by Gasteiger charge is 2.30. The fourth-order valence-corrected chi connectivity index (χ4v) is 9.80. The Hall–Kier alpha value is -8.41. The van der Waals surface area contributed by atoms with Crippen molar-refractivity contribution in [3.05, 3.63) is 223 Å². The van der Waals surface area contributed by atoms with E-state index in [2.05, 4.69) is 170 Å². The molecule has 5 heteroatoms. The predicted molar refractivity (Wildman–Crippen MR) is 254 cm³/mol. The third-order valence-corrected chi connectivity index (χ3v) is 12.6. The van der Waals surface area contributed by atoms with Gasteiger partial charge in [0, 0.05) is 49.7 Å². The standard InChI is InChI=1S/C58H35N3O2/c1-4-15-35(16-5-1)41-24-12-25-45-53-40(23-13-28-51(53)63-55(41)45)38-30-32-49-48(33-38)54-46(26-14-27-50(54)62-49)58-60-56(37-19-8-3-9-20-37)59-57(61-58)39-29-31-44-47(34-39)42-21-10-11-22-43(42)52(44)36-17-6-2-7-18-36/h1-34,52H. The maximum absolute atomic E-state index is 6.64. The number of para-hydroxylation sites is 1. The Morgan fingerprint density at radius 1 is 0.317 bits per heavy atom. The molecule has 1 aliphatic rings. The zero-order chi connectivity index (χ0) is 41.4. The molecule has 0 saturated heterocycles. The SMILES string of the molecule is c1ccc(-c2nc(-c3ccc4c(c3)-c3ccccc3C4c3ccccc3)nc(-c3cccc4oc5ccc(-c6cccc7oc8c(-c9ccccc9)cccc8c67)cc5c34)n2)cc1. The molecule has 0 spiro atoms. The second-order valence-electron chi connectivity index (χ2n) is 16.2. The Bertz CT molecular complexity index is 3740. The van der Waals surface area contributed by atoms with E-state index in [-0.39, 0.29) is 5.92 Å². The van der Waals surface area contributed by atoms with Crippen LogP contribution in [0.2, 0.25) is 0 Å². The highest BCUT2D eigenvalue weighted by atomic mass is 16.3. The van der Waals surface area contributed by atoms with Gasteiger partial charge in [0.2, 0.25) is 0 Å². The van der Waals surface area contributed by atoms with E-state index in [0.717, 1.165) is 82.8 Å². The number of fused-ring (bicyclic) bond motifs is 9. The Balaban J connectivity index is 0.984. The van der Waals surface area contributed by atoms with Gasteiger partial charge in [-0.2, -0.15) is 0 Å². The third kappa shape index (κ3) is 5.67. The second-order valence-corrected chi connectivity index (χ2v) is 16.2. The summed E-state index contributed by atoms with van der Waals surface area (Å²) in [5, 5.41) is 4.10. The Kier molecular flexibility index (Phi) is 7.90. The molecule has 0 saturated carbocycles. The molecule has 0 bridgehead atoms. The molecule has 1 unspecified atom stereocenters. The van der Waals surface area contributed by atoms with Crippen LogP contribution in [0.25, 0.3) is 111 Å². The normalized spacial score (nSPS) is 13.2. The van der Waals surface area contributed by atoms with Crippen LogP contribution in [0, 0.1) is 0 Å².